The first-order valence-corrected chi connectivity index (χ1v) is 4.50. The molecule has 0 radical (unpaired) electrons. The van der Waals surface area contributed by atoms with Crippen molar-refractivity contribution in [3.8, 4) is 11.6 Å². The number of methoxy groups -OCH3 is 1. The molecule has 0 saturated heterocycles. The van der Waals surface area contributed by atoms with Gasteiger partial charge in [-0.25, -0.2) is 4.98 Å². The molecule has 2 rings (SSSR count). The minimum absolute atomic E-state index is 0.210. The van der Waals surface area contributed by atoms with Gasteiger partial charge in [0.05, 0.1) is 7.11 Å². The lowest BCUT2D eigenvalue weighted by Gasteiger charge is -2.05. The Hall–Kier alpha value is -2.10. The zero-order valence-corrected chi connectivity index (χ0v) is 8.25. The van der Waals surface area contributed by atoms with Gasteiger partial charge in [0.25, 0.3) is 5.56 Å². The van der Waals surface area contributed by atoms with Crippen LogP contribution in [0.4, 0.5) is 0 Å². The largest absolute Gasteiger partial charge is 0.491 e. The van der Waals surface area contributed by atoms with Gasteiger partial charge in [0, 0.05) is 12.4 Å². The second-order valence-corrected chi connectivity index (χ2v) is 2.94. The van der Waals surface area contributed by atoms with E-state index in [1.165, 1.54) is 11.7 Å². The molecule has 4 nitrogen and oxygen atoms in total. The fourth-order valence-corrected chi connectivity index (χ4v) is 1.31. The minimum Gasteiger partial charge on any atom is -0.491 e. The van der Waals surface area contributed by atoms with Crippen molar-refractivity contribution in [2.24, 2.45) is 0 Å². The number of ether oxygens (including phenoxy) is 1. The van der Waals surface area contributed by atoms with E-state index in [-0.39, 0.29) is 5.56 Å². The lowest BCUT2D eigenvalue weighted by Crippen LogP contribution is -2.19. The van der Waals surface area contributed by atoms with Gasteiger partial charge >= 0.3 is 0 Å². The third-order valence-electron chi connectivity index (χ3n) is 2.03. The Bertz CT molecular complexity index is 505. The molecule has 0 spiro atoms. The third-order valence-corrected chi connectivity index (χ3v) is 2.03. The SMILES string of the molecule is COc1cccn(-c2ccccn2)c1=O. The van der Waals surface area contributed by atoms with Crippen molar-refractivity contribution in [2.45, 2.75) is 0 Å². The highest BCUT2D eigenvalue weighted by molar-refractivity contribution is 5.27. The van der Waals surface area contributed by atoms with Gasteiger partial charge in [-0.05, 0) is 24.3 Å². The number of pyridine rings is 2. The van der Waals surface area contributed by atoms with Gasteiger partial charge in [-0.1, -0.05) is 6.07 Å². The summed E-state index contributed by atoms with van der Waals surface area (Å²) < 4.78 is 6.39. The molecule has 0 amide bonds. The molecular weight excluding hydrogens is 192 g/mol. The molecule has 0 unspecified atom stereocenters. The number of aromatic nitrogens is 2. The second kappa shape index (κ2) is 3.96. The fourth-order valence-electron chi connectivity index (χ4n) is 1.31. The van der Waals surface area contributed by atoms with Crippen LogP contribution < -0.4 is 10.3 Å². The maximum absolute atomic E-state index is 11.8. The summed E-state index contributed by atoms with van der Waals surface area (Å²) in [5, 5.41) is 0. The average molecular weight is 202 g/mol. The van der Waals surface area contributed by atoms with Crippen molar-refractivity contribution >= 4 is 0 Å². The highest BCUT2D eigenvalue weighted by Gasteiger charge is 2.04. The molecule has 0 fully saturated rings. The number of rotatable bonds is 2. The van der Waals surface area contributed by atoms with Crippen molar-refractivity contribution in [3.63, 3.8) is 0 Å². The molecule has 2 aromatic heterocycles. The van der Waals surface area contributed by atoms with Crippen LogP contribution in [0.2, 0.25) is 0 Å². The molecule has 0 atom stereocenters. The molecule has 15 heavy (non-hydrogen) atoms. The van der Waals surface area contributed by atoms with E-state index in [0.29, 0.717) is 11.6 Å². The van der Waals surface area contributed by atoms with E-state index in [0.717, 1.165) is 0 Å². The quantitative estimate of drug-likeness (QED) is 0.736. The average Bonchev–Trinajstić information content (AvgIpc) is 2.30. The van der Waals surface area contributed by atoms with Gasteiger partial charge in [-0.2, -0.15) is 0 Å². The van der Waals surface area contributed by atoms with E-state index < -0.39 is 0 Å². The van der Waals surface area contributed by atoms with Gasteiger partial charge in [0.15, 0.2) is 5.75 Å². The second-order valence-electron chi connectivity index (χ2n) is 2.94. The standard InChI is InChI=1S/C11H10N2O2/c1-15-9-5-4-8-13(11(9)14)10-6-2-3-7-12-10/h2-8H,1H3. The Balaban J connectivity index is 2.60. The summed E-state index contributed by atoms with van der Waals surface area (Å²) in [5.41, 5.74) is -0.210. The van der Waals surface area contributed by atoms with E-state index in [2.05, 4.69) is 4.98 Å². The Morgan fingerprint density at radius 2 is 2.13 bits per heavy atom. The number of hydrogen-bond acceptors (Lipinski definition) is 3. The van der Waals surface area contributed by atoms with E-state index in [1.54, 1.807) is 36.7 Å². The first-order chi connectivity index (χ1) is 7.33. The number of hydrogen-bond donors (Lipinski definition) is 0. The van der Waals surface area contributed by atoms with E-state index in [9.17, 15) is 4.79 Å². The molecule has 0 aliphatic rings. The smallest absolute Gasteiger partial charge is 0.298 e. The van der Waals surface area contributed by atoms with E-state index in [4.69, 9.17) is 4.74 Å². The van der Waals surface area contributed by atoms with Gasteiger partial charge in [-0.15, -0.1) is 0 Å². The zero-order chi connectivity index (χ0) is 10.7. The fraction of sp³-hybridized carbons (Fsp3) is 0.0909. The Labute approximate surface area is 86.8 Å². The summed E-state index contributed by atoms with van der Waals surface area (Å²) >= 11 is 0. The summed E-state index contributed by atoms with van der Waals surface area (Å²) in [7, 11) is 1.47. The number of nitrogens with zero attached hydrogens (tertiary/aromatic N) is 2. The van der Waals surface area contributed by atoms with Crippen molar-refractivity contribution in [3.05, 3.63) is 53.1 Å². The first-order valence-electron chi connectivity index (χ1n) is 4.50. The molecule has 0 aliphatic heterocycles. The molecule has 0 aliphatic carbocycles. The highest BCUT2D eigenvalue weighted by atomic mass is 16.5. The van der Waals surface area contributed by atoms with Crippen molar-refractivity contribution in [1.82, 2.24) is 9.55 Å². The van der Waals surface area contributed by atoms with Gasteiger partial charge in [0.1, 0.15) is 5.82 Å². The lowest BCUT2D eigenvalue weighted by atomic mass is 10.4. The summed E-state index contributed by atoms with van der Waals surface area (Å²) in [4.78, 5) is 15.9. The van der Waals surface area contributed by atoms with Crippen LogP contribution in [0.1, 0.15) is 0 Å². The predicted octanol–water partition coefficient (Wildman–Crippen LogP) is 1.24. The molecule has 0 N–H and O–H groups in total. The molecule has 4 heteroatoms. The maximum atomic E-state index is 11.8. The molecule has 76 valence electrons. The van der Waals surface area contributed by atoms with Crippen LogP contribution in [0.25, 0.3) is 5.82 Å². The van der Waals surface area contributed by atoms with Gasteiger partial charge in [-0.3, -0.25) is 9.36 Å². The Kier molecular flexibility index (Phi) is 2.49. The van der Waals surface area contributed by atoms with Gasteiger partial charge < -0.3 is 4.74 Å². The van der Waals surface area contributed by atoms with Crippen LogP contribution in [0.3, 0.4) is 0 Å². The summed E-state index contributed by atoms with van der Waals surface area (Å²) in [6, 6.07) is 8.76. The molecule has 2 heterocycles. The molecular formula is C11H10N2O2. The molecule has 0 bridgehead atoms. The van der Waals surface area contributed by atoms with Crippen molar-refractivity contribution in [1.29, 1.82) is 0 Å². The minimum atomic E-state index is -0.210. The first kappa shape index (κ1) is 9.45. The van der Waals surface area contributed by atoms with Crippen LogP contribution in [0.15, 0.2) is 47.5 Å². The van der Waals surface area contributed by atoms with Gasteiger partial charge in [0.2, 0.25) is 0 Å². The van der Waals surface area contributed by atoms with Crippen molar-refractivity contribution in [2.75, 3.05) is 7.11 Å². The summed E-state index contributed by atoms with van der Waals surface area (Å²) in [5.74, 6) is 0.893. The molecule has 0 saturated carbocycles. The van der Waals surface area contributed by atoms with Crippen LogP contribution in [-0.4, -0.2) is 16.7 Å². The Morgan fingerprint density at radius 1 is 1.27 bits per heavy atom. The maximum Gasteiger partial charge on any atom is 0.298 e. The molecule has 2 aromatic rings. The Morgan fingerprint density at radius 3 is 2.80 bits per heavy atom. The topological polar surface area (TPSA) is 44.1 Å². The van der Waals surface area contributed by atoms with Crippen LogP contribution >= 0.6 is 0 Å². The van der Waals surface area contributed by atoms with Crippen molar-refractivity contribution < 1.29 is 4.74 Å². The summed E-state index contributed by atoms with van der Waals surface area (Å²) in [6.45, 7) is 0. The normalized spacial score (nSPS) is 9.93. The highest BCUT2D eigenvalue weighted by Crippen LogP contribution is 2.04. The van der Waals surface area contributed by atoms with E-state index >= 15 is 0 Å². The van der Waals surface area contributed by atoms with Crippen LogP contribution in [0.5, 0.6) is 5.75 Å². The molecule has 0 aromatic carbocycles. The van der Waals surface area contributed by atoms with E-state index in [1.807, 2.05) is 6.07 Å². The lowest BCUT2D eigenvalue weighted by molar-refractivity contribution is 0.406. The predicted molar refractivity (Wildman–Crippen MR) is 56.4 cm³/mol. The monoisotopic (exact) mass is 202 g/mol. The van der Waals surface area contributed by atoms with Crippen LogP contribution in [0, 0.1) is 0 Å². The third kappa shape index (κ3) is 1.74. The summed E-state index contributed by atoms with van der Waals surface area (Å²) in [6.07, 6.45) is 3.30. The zero-order valence-electron chi connectivity index (χ0n) is 8.25. The van der Waals surface area contributed by atoms with Crippen LogP contribution in [-0.2, 0) is 0 Å².